The SMILES string of the molecule is COc1cccc(/C=C(\NC(=O)c2ccccc2)C(=O)Nc2cccc(SCC(=O)N3c4ccccc4CCc4ccccc43)c2)c1. The minimum atomic E-state index is -0.492. The van der Waals surface area contributed by atoms with Crippen molar-refractivity contribution in [3.63, 3.8) is 0 Å². The van der Waals surface area contributed by atoms with Gasteiger partial charge in [0.25, 0.3) is 11.8 Å². The van der Waals surface area contributed by atoms with Crippen LogP contribution in [0.3, 0.4) is 0 Å². The minimum Gasteiger partial charge on any atom is -0.497 e. The summed E-state index contributed by atoms with van der Waals surface area (Å²) in [7, 11) is 1.57. The second-order valence-electron chi connectivity index (χ2n) is 10.9. The zero-order valence-corrected chi connectivity index (χ0v) is 26.6. The van der Waals surface area contributed by atoms with E-state index in [0.29, 0.717) is 22.6 Å². The number of anilines is 3. The number of nitrogens with one attached hydrogen (secondary N) is 2. The molecule has 7 nitrogen and oxygen atoms in total. The van der Waals surface area contributed by atoms with Crippen LogP contribution >= 0.6 is 11.8 Å². The Hall–Kier alpha value is -5.60. The van der Waals surface area contributed by atoms with Crippen LogP contribution in [0, 0.1) is 0 Å². The maximum Gasteiger partial charge on any atom is 0.272 e. The van der Waals surface area contributed by atoms with E-state index >= 15 is 0 Å². The number of hydrogen-bond donors (Lipinski definition) is 2. The number of para-hydroxylation sites is 2. The fraction of sp³-hybridized carbons (Fsp3) is 0.103. The van der Waals surface area contributed by atoms with Crippen LogP contribution in [-0.4, -0.2) is 30.6 Å². The van der Waals surface area contributed by atoms with E-state index in [-0.39, 0.29) is 17.4 Å². The first-order chi connectivity index (χ1) is 23.0. The zero-order chi connectivity index (χ0) is 32.6. The highest BCUT2D eigenvalue weighted by Gasteiger charge is 2.25. The molecule has 0 radical (unpaired) electrons. The smallest absolute Gasteiger partial charge is 0.272 e. The lowest BCUT2D eigenvalue weighted by molar-refractivity contribution is -0.115. The van der Waals surface area contributed by atoms with Crippen LogP contribution in [0.2, 0.25) is 0 Å². The predicted molar refractivity (Wildman–Crippen MR) is 188 cm³/mol. The molecule has 8 heteroatoms. The molecule has 0 aromatic heterocycles. The Morgan fingerprint density at radius 3 is 2.13 bits per heavy atom. The number of hydrogen-bond acceptors (Lipinski definition) is 5. The van der Waals surface area contributed by atoms with Gasteiger partial charge >= 0.3 is 0 Å². The number of amides is 3. The average molecular weight is 640 g/mol. The first kappa shape index (κ1) is 31.4. The highest BCUT2D eigenvalue weighted by Crippen LogP contribution is 2.37. The fourth-order valence-corrected chi connectivity index (χ4v) is 6.26. The molecule has 0 unspecified atom stereocenters. The van der Waals surface area contributed by atoms with Crippen LogP contribution in [0.5, 0.6) is 5.75 Å². The zero-order valence-electron chi connectivity index (χ0n) is 25.8. The van der Waals surface area contributed by atoms with Crippen molar-refractivity contribution in [1.82, 2.24) is 5.32 Å². The van der Waals surface area contributed by atoms with Gasteiger partial charge in [0.05, 0.1) is 24.2 Å². The number of ether oxygens (including phenoxy) is 1. The van der Waals surface area contributed by atoms with E-state index < -0.39 is 11.8 Å². The number of fused-ring (bicyclic) bond motifs is 2. The summed E-state index contributed by atoms with van der Waals surface area (Å²) in [6.45, 7) is 0. The summed E-state index contributed by atoms with van der Waals surface area (Å²) in [5, 5.41) is 5.68. The van der Waals surface area contributed by atoms with E-state index in [2.05, 4.69) is 22.8 Å². The van der Waals surface area contributed by atoms with Gasteiger partial charge in [0.1, 0.15) is 11.4 Å². The van der Waals surface area contributed by atoms with Gasteiger partial charge in [-0.25, -0.2) is 0 Å². The molecule has 0 saturated carbocycles. The Morgan fingerprint density at radius 1 is 0.766 bits per heavy atom. The monoisotopic (exact) mass is 639 g/mol. The van der Waals surface area contributed by atoms with Crippen LogP contribution < -0.4 is 20.3 Å². The summed E-state index contributed by atoms with van der Waals surface area (Å²) < 4.78 is 5.33. The Labute approximate surface area is 278 Å². The molecular weight excluding hydrogens is 607 g/mol. The van der Waals surface area contributed by atoms with Crippen LogP contribution in [-0.2, 0) is 22.4 Å². The molecular formula is C39H33N3O4S. The average Bonchev–Trinajstić information content (AvgIpc) is 3.28. The van der Waals surface area contributed by atoms with Gasteiger partial charge in [-0.05, 0) is 90.2 Å². The number of carbonyl (C=O) groups is 3. The van der Waals surface area contributed by atoms with Crippen molar-refractivity contribution in [2.45, 2.75) is 17.7 Å². The summed E-state index contributed by atoms with van der Waals surface area (Å²) in [6, 6.07) is 39.4. The van der Waals surface area contributed by atoms with E-state index in [1.807, 2.05) is 77.7 Å². The second kappa shape index (κ2) is 14.7. The first-order valence-corrected chi connectivity index (χ1v) is 16.2. The molecule has 0 fully saturated rings. The molecule has 2 N–H and O–H groups in total. The quantitative estimate of drug-likeness (QED) is 0.128. The Bertz CT molecular complexity index is 1910. The molecule has 1 aliphatic rings. The van der Waals surface area contributed by atoms with E-state index in [0.717, 1.165) is 40.2 Å². The van der Waals surface area contributed by atoms with Gasteiger partial charge in [0, 0.05) is 16.1 Å². The van der Waals surface area contributed by atoms with Crippen molar-refractivity contribution in [3.05, 3.63) is 155 Å². The van der Waals surface area contributed by atoms with E-state index in [1.54, 1.807) is 55.7 Å². The van der Waals surface area contributed by atoms with Gasteiger partial charge in [0.15, 0.2) is 0 Å². The highest BCUT2D eigenvalue weighted by atomic mass is 32.2. The topological polar surface area (TPSA) is 87.7 Å². The van der Waals surface area contributed by atoms with Crippen LogP contribution in [0.1, 0.15) is 27.0 Å². The Balaban J connectivity index is 1.19. The number of nitrogens with zero attached hydrogens (tertiary/aromatic N) is 1. The van der Waals surface area contributed by atoms with E-state index in [9.17, 15) is 14.4 Å². The van der Waals surface area contributed by atoms with Crippen molar-refractivity contribution >= 4 is 52.6 Å². The predicted octanol–water partition coefficient (Wildman–Crippen LogP) is 7.66. The molecule has 47 heavy (non-hydrogen) atoms. The Morgan fingerprint density at radius 2 is 1.43 bits per heavy atom. The summed E-state index contributed by atoms with van der Waals surface area (Å²) in [5.74, 6) is -0.103. The van der Waals surface area contributed by atoms with Gasteiger partial charge in [-0.2, -0.15) is 0 Å². The third kappa shape index (κ3) is 7.62. The summed E-state index contributed by atoms with van der Waals surface area (Å²) in [5.41, 5.74) is 5.82. The maximum absolute atomic E-state index is 13.8. The van der Waals surface area contributed by atoms with Gasteiger partial charge in [-0.3, -0.25) is 19.3 Å². The second-order valence-corrected chi connectivity index (χ2v) is 12.0. The number of rotatable bonds is 9. The lowest BCUT2D eigenvalue weighted by Crippen LogP contribution is -2.30. The first-order valence-electron chi connectivity index (χ1n) is 15.2. The molecule has 0 saturated heterocycles. The van der Waals surface area contributed by atoms with Crippen molar-refractivity contribution in [2.75, 3.05) is 23.1 Å². The molecule has 3 amide bonds. The Kier molecular flexibility index (Phi) is 9.79. The maximum atomic E-state index is 13.8. The van der Waals surface area contributed by atoms with Crippen LogP contribution in [0.4, 0.5) is 17.1 Å². The summed E-state index contributed by atoms with van der Waals surface area (Å²) in [6.07, 6.45) is 3.34. The van der Waals surface area contributed by atoms with Crippen molar-refractivity contribution in [1.29, 1.82) is 0 Å². The number of aryl methyl sites for hydroxylation is 2. The molecule has 234 valence electrons. The van der Waals surface area contributed by atoms with E-state index in [4.69, 9.17) is 4.74 Å². The minimum absolute atomic E-state index is 0.0293. The summed E-state index contributed by atoms with van der Waals surface area (Å²) >= 11 is 1.40. The molecule has 5 aromatic rings. The number of thioether (sulfide) groups is 1. The molecule has 0 atom stereocenters. The largest absolute Gasteiger partial charge is 0.497 e. The lowest BCUT2D eigenvalue weighted by Gasteiger charge is -2.25. The number of benzene rings is 5. The standard InChI is InChI=1S/C39H33N3O4S/c1-46-32-17-9-11-27(23-32)24-34(41-38(44)30-14-3-2-4-15-30)39(45)40-31-16-10-18-33(25-31)47-26-37(43)42-35-19-7-5-12-28(35)21-22-29-13-6-8-20-36(29)42/h2-20,23-25H,21-22,26H2,1H3,(H,40,45)(H,41,44)/b34-24-. The molecule has 0 bridgehead atoms. The molecule has 0 aliphatic carbocycles. The third-order valence-corrected chi connectivity index (χ3v) is 8.74. The van der Waals surface area contributed by atoms with Crippen molar-refractivity contribution < 1.29 is 19.1 Å². The van der Waals surface area contributed by atoms with Crippen molar-refractivity contribution in [2.24, 2.45) is 0 Å². The molecule has 5 aromatic carbocycles. The van der Waals surface area contributed by atoms with Crippen LogP contribution in [0.25, 0.3) is 6.08 Å². The number of methoxy groups -OCH3 is 1. The molecule has 0 spiro atoms. The third-order valence-electron chi connectivity index (χ3n) is 7.77. The molecule has 1 heterocycles. The summed E-state index contributed by atoms with van der Waals surface area (Å²) in [4.78, 5) is 43.1. The number of carbonyl (C=O) groups excluding carboxylic acids is 3. The van der Waals surface area contributed by atoms with E-state index in [1.165, 1.54) is 11.8 Å². The van der Waals surface area contributed by atoms with Crippen molar-refractivity contribution in [3.8, 4) is 5.75 Å². The lowest BCUT2D eigenvalue weighted by atomic mass is 10.0. The van der Waals surface area contributed by atoms with Gasteiger partial charge in [0.2, 0.25) is 5.91 Å². The molecule has 1 aliphatic heterocycles. The molecule has 6 rings (SSSR count). The normalized spacial score (nSPS) is 12.3. The van der Waals surface area contributed by atoms with Gasteiger partial charge in [-0.1, -0.05) is 72.8 Å². The fourth-order valence-electron chi connectivity index (χ4n) is 5.46. The van der Waals surface area contributed by atoms with Crippen LogP contribution in [0.15, 0.2) is 138 Å². The van der Waals surface area contributed by atoms with Gasteiger partial charge in [-0.15, -0.1) is 11.8 Å². The van der Waals surface area contributed by atoms with Gasteiger partial charge < -0.3 is 15.4 Å². The highest BCUT2D eigenvalue weighted by molar-refractivity contribution is 8.00.